The Hall–Kier alpha value is -2.97. The third kappa shape index (κ3) is 5.17. The highest BCUT2D eigenvalue weighted by atomic mass is 32.2. The highest BCUT2D eigenvalue weighted by Crippen LogP contribution is 2.34. The van der Waals surface area contributed by atoms with Gasteiger partial charge in [-0.05, 0) is 49.2 Å². The normalized spacial score (nSPS) is 15.1. The van der Waals surface area contributed by atoms with Crippen molar-refractivity contribution in [3.05, 3.63) is 75.0 Å². The quantitative estimate of drug-likeness (QED) is 0.239. The van der Waals surface area contributed by atoms with Crippen LogP contribution in [-0.2, 0) is 4.79 Å². The number of thiocarbonyl (C=S) groups is 1. The lowest BCUT2D eigenvalue weighted by atomic mass is 10.2. The van der Waals surface area contributed by atoms with Crippen LogP contribution < -0.4 is 10.3 Å². The molecule has 1 aliphatic rings. The van der Waals surface area contributed by atoms with E-state index >= 15 is 0 Å². The highest BCUT2D eigenvalue weighted by Gasteiger charge is 2.32. The van der Waals surface area contributed by atoms with E-state index in [1.54, 1.807) is 35.4 Å². The fourth-order valence-electron chi connectivity index (χ4n) is 3.59. The second kappa shape index (κ2) is 10.3. The van der Waals surface area contributed by atoms with Gasteiger partial charge in [-0.3, -0.25) is 18.9 Å². The molecule has 0 unspecified atom stereocenters. The molecular weight excluding hydrogens is 454 g/mol. The Balaban J connectivity index is 1.72. The summed E-state index contributed by atoms with van der Waals surface area (Å²) in [5, 5.41) is 0. The Morgan fingerprint density at radius 2 is 1.97 bits per heavy atom. The van der Waals surface area contributed by atoms with E-state index in [0.29, 0.717) is 27.2 Å². The van der Waals surface area contributed by atoms with Crippen LogP contribution in [0.4, 0.5) is 0 Å². The van der Waals surface area contributed by atoms with E-state index < -0.39 is 0 Å². The lowest BCUT2D eigenvalue weighted by Gasteiger charge is -2.14. The summed E-state index contributed by atoms with van der Waals surface area (Å²) in [5.74, 6) is 0.547. The molecule has 0 bridgehead atoms. The Labute approximate surface area is 202 Å². The lowest BCUT2D eigenvalue weighted by Crippen LogP contribution is -2.29. The summed E-state index contributed by atoms with van der Waals surface area (Å²) < 4.78 is 7.99. The van der Waals surface area contributed by atoms with Crippen molar-refractivity contribution in [2.75, 3.05) is 6.54 Å². The maximum atomic E-state index is 13.3. The molecule has 1 saturated heterocycles. The van der Waals surface area contributed by atoms with Gasteiger partial charge in [-0.2, -0.15) is 4.98 Å². The fraction of sp³-hybridized carbons (Fsp3) is 0.280. The maximum absolute atomic E-state index is 13.3. The predicted molar refractivity (Wildman–Crippen MR) is 137 cm³/mol. The first-order valence-corrected chi connectivity index (χ1v) is 12.2. The van der Waals surface area contributed by atoms with E-state index in [4.69, 9.17) is 17.0 Å². The van der Waals surface area contributed by atoms with Gasteiger partial charge in [0.25, 0.3) is 11.5 Å². The van der Waals surface area contributed by atoms with Crippen LogP contribution in [0.3, 0.4) is 0 Å². The number of nitrogens with zero attached hydrogens (tertiary/aromatic N) is 3. The number of unbranched alkanes of at least 4 members (excludes halogenated alkanes) is 3. The molecule has 1 aliphatic heterocycles. The Morgan fingerprint density at radius 3 is 2.76 bits per heavy atom. The molecule has 33 heavy (non-hydrogen) atoms. The van der Waals surface area contributed by atoms with Gasteiger partial charge >= 0.3 is 0 Å². The molecule has 0 radical (unpaired) electrons. The number of amides is 1. The van der Waals surface area contributed by atoms with Gasteiger partial charge in [0.05, 0.1) is 4.91 Å². The van der Waals surface area contributed by atoms with Crippen LogP contribution in [0.2, 0.25) is 0 Å². The van der Waals surface area contributed by atoms with Crippen LogP contribution in [0.25, 0.3) is 11.7 Å². The molecule has 0 N–H and O–H groups in total. The topological polar surface area (TPSA) is 63.9 Å². The maximum Gasteiger partial charge on any atom is 0.269 e. The van der Waals surface area contributed by atoms with Gasteiger partial charge < -0.3 is 4.74 Å². The molecule has 3 heterocycles. The van der Waals surface area contributed by atoms with E-state index in [9.17, 15) is 9.59 Å². The number of hydrogen-bond donors (Lipinski definition) is 0. The van der Waals surface area contributed by atoms with Gasteiger partial charge in [-0.1, -0.05) is 68.4 Å². The largest absolute Gasteiger partial charge is 0.438 e. The summed E-state index contributed by atoms with van der Waals surface area (Å²) in [6.07, 6.45) is 7.42. The zero-order valence-corrected chi connectivity index (χ0v) is 20.2. The molecule has 0 atom stereocenters. The van der Waals surface area contributed by atoms with E-state index in [-0.39, 0.29) is 22.9 Å². The number of carbonyl (C=O) groups is 1. The van der Waals surface area contributed by atoms with Crippen LogP contribution in [0.5, 0.6) is 11.6 Å². The second-order valence-corrected chi connectivity index (χ2v) is 9.55. The first-order chi connectivity index (χ1) is 16.0. The minimum Gasteiger partial charge on any atom is -0.438 e. The molecule has 170 valence electrons. The van der Waals surface area contributed by atoms with Gasteiger partial charge in [0.1, 0.15) is 21.3 Å². The van der Waals surface area contributed by atoms with Crippen molar-refractivity contribution >= 4 is 45.9 Å². The van der Waals surface area contributed by atoms with Gasteiger partial charge in [0, 0.05) is 12.7 Å². The van der Waals surface area contributed by atoms with E-state index in [0.717, 1.165) is 31.2 Å². The molecule has 3 aromatic rings. The molecule has 0 aliphatic carbocycles. The Kier molecular flexibility index (Phi) is 7.25. The predicted octanol–water partition coefficient (Wildman–Crippen LogP) is 5.58. The van der Waals surface area contributed by atoms with Crippen LogP contribution in [-0.4, -0.2) is 31.1 Å². The molecule has 1 fully saturated rings. The van der Waals surface area contributed by atoms with Crippen LogP contribution in [0, 0.1) is 6.92 Å². The third-order valence-electron chi connectivity index (χ3n) is 5.32. The SMILES string of the molecule is CCCCCCN1C(=O)/C(=C\c2c(Oc3cccc(C)c3)nc3ccccn3c2=O)SC1=S. The number of aromatic nitrogens is 2. The number of ether oxygens (including phenoxy) is 1. The average molecular weight is 480 g/mol. The minimum absolute atomic E-state index is 0.157. The minimum atomic E-state index is -0.309. The monoisotopic (exact) mass is 479 g/mol. The summed E-state index contributed by atoms with van der Waals surface area (Å²) in [5.41, 5.74) is 1.39. The molecule has 6 nitrogen and oxygen atoms in total. The van der Waals surface area contributed by atoms with Crippen LogP contribution in [0.15, 0.2) is 58.4 Å². The summed E-state index contributed by atoms with van der Waals surface area (Å²) >= 11 is 6.66. The lowest BCUT2D eigenvalue weighted by molar-refractivity contribution is -0.122. The van der Waals surface area contributed by atoms with Crippen LogP contribution >= 0.6 is 24.0 Å². The number of hydrogen-bond acceptors (Lipinski definition) is 6. The van der Waals surface area contributed by atoms with Crippen molar-refractivity contribution in [1.29, 1.82) is 0 Å². The molecule has 2 aromatic heterocycles. The molecule has 1 amide bonds. The zero-order valence-electron chi connectivity index (χ0n) is 18.6. The summed E-state index contributed by atoms with van der Waals surface area (Å²) in [7, 11) is 0. The Bertz CT molecular complexity index is 1300. The van der Waals surface area contributed by atoms with Gasteiger partial charge in [-0.15, -0.1) is 0 Å². The number of carbonyl (C=O) groups excluding carboxylic acids is 1. The standard InChI is InChI=1S/C25H25N3O3S2/c1-3-4-5-7-14-28-24(30)20(33-25(28)32)16-19-22(31-18-11-9-10-17(2)15-18)26-21-12-6-8-13-27(21)23(19)29/h6,8-13,15-16H,3-5,7,14H2,1-2H3/b20-16+. The van der Waals surface area contributed by atoms with E-state index in [2.05, 4.69) is 11.9 Å². The molecule has 1 aromatic carbocycles. The van der Waals surface area contributed by atoms with Crippen LogP contribution in [0.1, 0.15) is 43.7 Å². The first kappa shape index (κ1) is 23.2. The molecular formula is C25H25N3O3S2. The van der Waals surface area contributed by atoms with Crippen molar-refractivity contribution < 1.29 is 9.53 Å². The van der Waals surface area contributed by atoms with Crippen molar-refractivity contribution in [3.8, 4) is 11.6 Å². The first-order valence-electron chi connectivity index (χ1n) is 11.0. The summed E-state index contributed by atoms with van der Waals surface area (Å²) in [6.45, 7) is 4.70. The van der Waals surface area contributed by atoms with Crippen molar-refractivity contribution in [1.82, 2.24) is 14.3 Å². The average Bonchev–Trinajstić information content (AvgIpc) is 3.06. The number of benzene rings is 1. The third-order valence-corrected chi connectivity index (χ3v) is 6.70. The molecule has 0 saturated carbocycles. The van der Waals surface area contributed by atoms with Gasteiger partial charge in [0.2, 0.25) is 5.88 Å². The molecule has 0 spiro atoms. The van der Waals surface area contributed by atoms with Crippen molar-refractivity contribution in [2.24, 2.45) is 0 Å². The number of aryl methyl sites for hydroxylation is 1. The van der Waals surface area contributed by atoms with E-state index in [1.165, 1.54) is 16.2 Å². The van der Waals surface area contributed by atoms with Gasteiger partial charge in [0.15, 0.2) is 0 Å². The highest BCUT2D eigenvalue weighted by molar-refractivity contribution is 8.26. The molecule has 4 rings (SSSR count). The smallest absolute Gasteiger partial charge is 0.269 e. The van der Waals surface area contributed by atoms with E-state index in [1.807, 2.05) is 31.2 Å². The number of fused-ring (bicyclic) bond motifs is 1. The zero-order chi connectivity index (χ0) is 23.4. The second-order valence-electron chi connectivity index (χ2n) is 7.88. The molecule has 8 heteroatoms. The summed E-state index contributed by atoms with van der Waals surface area (Å²) in [4.78, 5) is 33.0. The number of pyridine rings is 1. The van der Waals surface area contributed by atoms with Crippen molar-refractivity contribution in [2.45, 2.75) is 39.5 Å². The fourth-order valence-corrected chi connectivity index (χ4v) is 4.89. The number of thioether (sulfide) groups is 1. The summed E-state index contributed by atoms with van der Waals surface area (Å²) in [6, 6.07) is 12.8. The number of rotatable bonds is 8. The van der Waals surface area contributed by atoms with Gasteiger partial charge in [-0.25, -0.2) is 0 Å². The van der Waals surface area contributed by atoms with Crippen molar-refractivity contribution in [3.63, 3.8) is 0 Å². The Morgan fingerprint density at radius 1 is 1.12 bits per heavy atom.